The second-order valence-corrected chi connectivity index (χ2v) is 4.29. The number of carboxylic acids is 1. The Morgan fingerprint density at radius 3 is 2.55 bits per heavy atom. The van der Waals surface area contributed by atoms with Crippen LogP contribution in [0.3, 0.4) is 0 Å². The molecule has 0 amide bonds. The Labute approximate surface area is 116 Å². The van der Waals surface area contributed by atoms with E-state index in [1.54, 1.807) is 13.0 Å². The summed E-state index contributed by atoms with van der Waals surface area (Å²) in [4.78, 5) is 15.1. The number of aromatic nitrogens is 1. The Bertz CT molecular complexity index is 673. The molecule has 0 radical (unpaired) electrons. The van der Waals surface area contributed by atoms with Gasteiger partial charge in [-0.25, -0.2) is 9.78 Å². The zero-order valence-electron chi connectivity index (χ0n) is 10.9. The first-order chi connectivity index (χ1) is 9.60. The standard InChI is InChI=1S/C15H13N3O2/c1-10-13(15(19)20)6-7-14(17-10)18-12-4-2-11(3-5-12)8-9-16/h2-7H,8H2,1H3,(H,17,18)(H,19,20). The average Bonchev–Trinajstić information content (AvgIpc) is 2.41. The van der Waals surface area contributed by atoms with Crippen molar-refractivity contribution in [1.82, 2.24) is 4.98 Å². The zero-order chi connectivity index (χ0) is 14.5. The second-order valence-electron chi connectivity index (χ2n) is 4.29. The Hall–Kier alpha value is -2.87. The van der Waals surface area contributed by atoms with E-state index in [9.17, 15) is 4.79 Å². The summed E-state index contributed by atoms with van der Waals surface area (Å²) in [6, 6.07) is 12.7. The molecule has 5 nitrogen and oxygen atoms in total. The number of anilines is 2. The van der Waals surface area contributed by atoms with Gasteiger partial charge in [-0.05, 0) is 36.8 Å². The molecule has 1 aromatic heterocycles. The van der Waals surface area contributed by atoms with Crippen LogP contribution in [0.15, 0.2) is 36.4 Å². The van der Waals surface area contributed by atoms with Crippen molar-refractivity contribution < 1.29 is 9.90 Å². The van der Waals surface area contributed by atoms with Gasteiger partial charge in [-0.3, -0.25) is 0 Å². The van der Waals surface area contributed by atoms with E-state index in [0.29, 0.717) is 17.9 Å². The summed E-state index contributed by atoms with van der Waals surface area (Å²) in [6.07, 6.45) is 0.380. The van der Waals surface area contributed by atoms with Gasteiger partial charge in [-0.15, -0.1) is 0 Å². The van der Waals surface area contributed by atoms with Crippen LogP contribution in [0.4, 0.5) is 11.5 Å². The summed E-state index contributed by atoms with van der Waals surface area (Å²) in [5, 5.41) is 20.6. The molecule has 100 valence electrons. The first-order valence-corrected chi connectivity index (χ1v) is 6.04. The molecule has 0 saturated carbocycles. The van der Waals surface area contributed by atoms with Gasteiger partial charge >= 0.3 is 5.97 Å². The molecule has 0 aliphatic rings. The highest BCUT2D eigenvalue weighted by molar-refractivity contribution is 5.89. The van der Waals surface area contributed by atoms with E-state index in [-0.39, 0.29) is 5.56 Å². The van der Waals surface area contributed by atoms with Gasteiger partial charge in [0.25, 0.3) is 0 Å². The number of hydrogen-bond acceptors (Lipinski definition) is 4. The van der Waals surface area contributed by atoms with Crippen LogP contribution in [-0.4, -0.2) is 16.1 Å². The molecule has 0 aliphatic heterocycles. The van der Waals surface area contributed by atoms with Crippen LogP contribution in [-0.2, 0) is 6.42 Å². The summed E-state index contributed by atoms with van der Waals surface area (Å²) >= 11 is 0. The predicted octanol–water partition coefficient (Wildman–Crippen LogP) is 2.90. The molecule has 0 bridgehead atoms. The summed E-state index contributed by atoms with van der Waals surface area (Å²) in [6.45, 7) is 1.66. The van der Waals surface area contributed by atoms with Crippen molar-refractivity contribution in [2.24, 2.45) is 0 Å². The van der Waals surface area contributed by atoms with Crippen molar-refractivity contribution in [3.8, 4) is 6.07 Å². The largest absolute Gasteiger partial charge is 0.478 e. The first-order valence-electron chi connectivity index (χ1n) is 6.04. The topological polar surface area (TPSA) is 86.0 Å². The molecule has 2 rings (SSSR count). The zero-order valence-corrected chi connectivity index (χ0v) is 10.9. The highest BCUT2D eigenvalue weighted by Crippen LogP contribution is 2.17. The number of benzene rings is 1. The van der Waals surface area contributed by atoms with E-state index in [2.05, 4.69) is 16.4 Å². The van der Waals surface area contributed by atoms with Gasteiger partial charge in [-0.2, -0.15) is 5.26 Å². The summed E-state index contributed by atoms with van der Waals surface area (Å²) in [5.74, 6) is -0.400. The fourth-order valence-electron chi connectivity index (χ4n) is 1.80. The molecule has 2 aromatic rings. The predicted molar refractivity (Wildman–Crippen MR) is 75.0 cm³/mol. The minimum absolute atomic E-state index is 0.194. The smallest absolute Gasteiger partial charge is 0.337 e. The van der Waals surface area contributed by atoms with Crippen molar-refractivity contribution in [3.63, 3.8) is 0 Å². The number of hydrogen-bond donors (Lipinski definition) is 2. The molecule has 0 atom stereocenters. The van der Waals surface area contributed by atoms with Crippen molar-refractivity contribution in [3.05, 3.63) is 53.2 Å². The van der Waals surface area contributed by atoms with Gasteiger partial charge in [0, 0.05) is 5.69 Å². The molecule has 0 fully saturated rings. The highest BCUT2D eigenvalue weighted by Gasteiger charge is 2.08. The quantitative estimate of drug-likeness (QED) is 0.889. The molecule has 0 spiro atoms. The number of nitrogens with zero attached hydrogens (tertiary/aromatic N) is 2. The third kappa shape index (κ3) is 3.12. The SMILES string of the molecule is Cc1nc(Nc2ccc(CC#N)cc2)ccc1C(=O)O. The lowest BCUT2D eigenvalue weighted by molar-refractivity contribution is 0.0695. The Balaban J connectivity index is 2.16. The average molecular weight is 267 g/mol. The number of rotatable bonds is 4. The summed E-state index contributed by atoms with van der Waals surface area (Å²) < 4.78 is 0. The number of aryl methyl sites for hydroxylation is 1. The number of carbonyl (C=O) groups is 1. The van der Waals surface area contributed by atoms with Crippen LogP contribution in [0, 0.1) is 18.3 Å². The fourth-order valence-corrected chi connectivity index (χ4v) is 1.80. The maximum absolute atomic E-state index is 10.9. The van der Waals surface area contributed by atoms with Crippen LogP contribution in [0.2, 0.25) is 0 Å². The number of nitriles is 1. The number of pyridine rings is 1. The summed E-state index contributed by atoms with van der Waals surface area (Å²) in [7, 11) is 0. The van der Waals surface area contributed by atoms with Crippen LogP contribution in [0.5, 0.6) is 0 Å². The molecule has 5 heteroatoms. The van der Waals surface area contributed by atoms with Gasteiger partial charge in [0.05, 0.1) is 23.7 Å². The van der Waals surface area contributed by atoms with Gasteiger partial charge in [-0.1, -0.05) is 12.1 Å². The van der Waals surface area contributed by atoms with Crippen molar-refractivity contribution in [1.29, 1.82) is 5.26 Å². The molecule has 0 saturated heterocycles. The molecule has 0 aliphatic carbocycles. The lowest BCUT2D eigenvalue weighted by atomic mass is 10.1. The molecule has 20 heavy (non-hydrogen) atoms. The summed E-state index contributed by atoms with van der Waals surface area (Å²) in [5.41, 5.74) is 2.44. The molecule has 1 aromatic carbocycles. The van der Waals surface area contributed by atoms with E-state index in [1.807, 2.05) is 24.3 Å². The van der Waals surface area contributed by atoms with Gasteiger partial charge in [0.15, 0.2) is 0 Å². The molecule has 1 heterocycles. The minimum atomic E-state index is -0.984. The molecular weight excluding hydrogens is 254 g/mol. The molecule has 0 unspecified atom stereocenters. The Kier molecular flexibility index (Phi) is 3.96. The minimum Gasteiger partial charge on any atom is -0.478 e. The number of aromatic carboxylic acids is 1. The molecule has 2 N–H and O–H groups in total. The van der Waals surface area contributed by atoms with Crippen LogP contribution in [0.25, 0.3) is 0 Å². The Morgan fingerprint density at radius 1 is 1.30 bits per heavy atom. The van der Waals surface area contributed by atoms with E-state index in [0.717, 1.165) is 11.3 Å². The van der Waals surface area contributed by atoms with E-state index < -0.39 is 5.97 Å². The van der Waals surface area contributed by atoms with E-state index >= 15 is 0 Å². The fraction of sp³-hybridized carbons (Fsp3) is 0.133. The maximum atomic E-state index is 10.9. The van der Waals surface area contributed by atoms with Crippen LogP contribution in [0.1, 0.15) is 21.6 Å². The van der Waals surface area contributed by atoms with Gasteiger partial charge < -0.3 is 10.4 Å². The molecular formula is C15H13N3O2. The van der Waals surface area contributed by atoms with Crippen molar-refractivity contribution in [2.75, 3.05) is 5.32 Å². The Morgan fingerprint density at radius 2 is 2.00 bits per heavy atom. The van der Waals surface area contributed by atoms with Gasteiger partial charge in [0.1, 0.15) is 5.82 Å². The maximum Gasteiger partial charge on any atom is 0.337 e. The van der Waals surface area contributed by atoms with Crippen molar-refractivity contribution >= 4 is 17.5 Å². The lowest BCUT2D eigenvalue weighted by Crippen LogP contribution is -2.03. The third-order valence-electron chi connectivity index (χ3n) is 2.83. The lowest BCUT2D eigenvalue weighted by Gasteiger charge is -2.08. The first kappa shape index (κ1) is 13.6. The highest BCUT2D eigenvalue weighted by atomic mass is 16.4. The van der Waals surface area contributed by atoms with Gasteiger partial charge in [0.2, 0.25) is 0 Å². The van der Waals surface area contributed by atoms with E-state index in [1.165, 1.54) is 6.07 Å². The number of nitrogens with one attached hydrogen (secondary N) is 1. The van der Waals surface area contributed by atoms with Crippen LogP contribution >= 0.6 is 0 Å². The second kappa shape index (κ2) is 5.85. The normalized spacial score (nSPS) is 9.80. The number of carboxylic acid groups (broad SMARTS) is 1. The monoisotopic (exact) mass is 267 g/mol. The van der Waals surface area contributed by atoms with Crippen LogP contribution < -0.4 is 5.32 Å². The third-order valence-corrected chi connectivity index (χ3v) is 2.83. The van der Waals surface area contributed by atoms with Crippen molar-refractivity contribution in [2.45, 2.75) is 13.3 Å². The van der Waals surface area contributed by atoms with E-state index in [4.69, 9.17) is 10.4 Å².